The van der Waals surface area contributed by atoms with Crippen molar-refractivity contribution in [3.05, 3.63) is 97.5 Å². The van der Waals surface area contributed by atoms with Crippen LogP contribution in [0.3, 0.4) is 0 Å². The second-order valence-corrected chi connectivity index (χ2v) is 8.86. The van der Waals surface area contributed by atoms with Gasteiger partial charge >= 0.3 is 0 Å². The Kier molecular flexibility index (Phi) is 6.76. The number of hydrogen-bond acceptors (Lipinski definition) is 4. The van der Waals surface area contributed by atoms with Gasteiger partial charge in [-0.1, -0.05) is 59.1 Å². The third kappa shape index (κ3) is 4.63. The molecule has 4 rings (SSSR count). The van der Waals surface area contributed by atoms with E-state index in [1.54, 1.807) is 36.4 Å². The number of anilines is 3. The van der Waals surface area contributed by atoms with Gasteiger partial charge < -0.3 is 10.6 Å². The summed E-state index contributed by atoms with van der Waals surface area (Å²) in [5, 5.41) is 5.59. The van der Waals surface area contributed by atoms with Crippen LogP contribution in [-0.4, -0.2) is 17.7 Å². The molecule has 0 fully saturated rings. The maximum Gasteiger partial charge on any atom is 0.283 e. The number of carbonyl (C=O) groups is 3. The molecule has 6 nitrogen and oxygen atoms in total. The number of carbonyl (C=O) groups excluding carboxylic acids is 3. The molecule has 2 N–H and O–H groups in total. The lowest BCUT2D eigenvalue weighted by atomic mass is 10.1. The molecule has 0 aromatic heterocycles. The van der Waals surface area contributed by atoms with E-state index in [9.17, 15) is 14.4 Å². The molecule has 1 heterocycles. The molecule has 10 heteroatoms. The molecular formula is C23H13BrCl3N3O3. The standard InChI is InChI=1S/C23H13BrCl3N3O3/c24-14-7-1-2-9-16(14)29-21(31)12-5-3-6-13(11-12)28-20-19(27)22(32)30(23(20)33)17-10-4-8-15(25)18(17)26/h1-11,28H,(H,29,31). The lowest BCUT2D eigenvalue weighted by molar-refractivity contribution is -0.120. The van der Waals surface area contributed by atoms with Crippen molar-refractivity contribution in [2.24, 2.45) is 0 Å². The zero-order chi connectivity index (χ0) is 23.7. The molecule has 0 spiro atoms. The second kappa shape index (κ2) is 9.57. The molecule has 0 unspecified atom stereocenters. The summed E-state index contributed by atoms with van der Waals surface area (Å²) in [6.45, 7) is 0. The van der Waals surface area contributed by atoms with E-state index in [-0.39, 0.29) is 32.4 Å². The number of nitrogens with one attached hydrogen (secondary N) is 2. The van der Waals surface area contributed by atoms with Crippen molar-refractivity contribution in [3.8, 4) is 0 Å². The highest BCUT2D eigenvalue weighted by molar-refractivity contribution is 9.10. The van der Waals surface area contributed by atoms with Gasteiger partial charge in [-0.3, -0.25) is 14.4 Å². The van der Waals surface area contributed by atoms with Crippen LogP contribution in [0.1, 0.15) is 10.4 Å². The van der Waals surface area contributed by atoms with E-state index >= 15 is 0 Å². The van der Waals surface area contributed by atoms with Gasteiger partial charge in [-0.05, 0) is 58.4 Å². The van der Waals surface area contributed by atoms with Gasteiger partial charge in [0, 0.05) is 15.7 Å². The van der Waals surface area contributed by atoms with Crippen LogP contribution >= 0.6 is 50.7 Å². The fraction of sp³-hybridized carbons (Fsp3) is 0. The molecule has 166 valence electrons. The maximum atomic E-state index is 13.0. The number of benzene rings is 3. The van der Waals surface area contributed by atoms with Crippen molar-refractivity contribution >= 4 is 85.5 Å². The normalized spacial score (nSPS) is 13.5. The van der Waals surface area contributed by atoms with Crippen molar-refractivity contribution in [1.82, 2.24) is 0 Å². The Morgan fingerprint density at radius 2 is 1.61 bits per heavy atom. The molecule has 3 amide bonds. The highest BCUT2D eigenvalue weighted by Crippen LogP contribution is 2.37. The molecule has 0 saturated carbocycles. The first-order valence-corrected chi connectivity index (χ1v) is 11.4. The first kappa shape index (κ1) is 23.3. The van der Waals surface area contributed by atoms with Crippen LogP contribution in [0.4, 0.5) is 17.1 Å². The zero-order valence-corrected chi connectivity index (χ0v) is 20.4. The van der Waals surface area contributed by atoms with Gasteiger partial charge in [0.25, 0.3) is 17.7 Å². The Balaban J connectivity index is 1.57. The first-order valence-electron chi connectivity index (χ1n) is 9.43. The van der Waals surface area contributed by atoms with E-state index in [4.69, 9.17) is 34.8 Å². The molecule has 0 bridgehead atoms. The minimum Gasteiger partial charge on any atom is -0.350 e. The average Bonchev–Trinajstić information content (AvgIpc) is 3.00. The van der Waals surface area contributed by atoms with Gasteiger partial charge in [0.05, 0.1) is 21.4 Å². The summed E-state index contributed by atoms with van der Waals surface area (Å²) in [5.74, 6) is -1.79. The van der Waals surface area contributed by atoms with Crippen LogP contribution in [0.25, 0.3) is 0 Å². The SMILES string of the molecule is O=C(Nc1ccccc1Br)c1cccc(NC2=C(Cl)C(=O)N(c3cccc(Cl)c3Cl)C2=O)c1. The summed E-state index contributed by atoms with van der Waals surface area (Å²) in [6, 6.07) is 18.2. The summed E-state index contributed by atoms with van der Waals surface area (Å²) in [5.41, 5.74) is 1.32. The molecular weight excluding hydrogens is 553 g/mol. The van der Waals surface area contributed by atoms with Crippen molar-refractivity contribution < 1.29 is 14.4 Å². The van der Waals surface area contributed by atoms with E-state index in [1.807, 2.05) is 12.1 Å². The number of imide groups is 1. The molecule has 3 aromatic carbocycles. The van der Waals surface area contributed by atoms with Crippen LogP contribution in [0.5, 0.6) is 0 Å². The van der Waals surface area contributed by atoms with E-state index in [0.29, 0.717) is 16.9 Å². The maximum absolute atomic E-state index is 13.0. The fourth-order valence-electron chi connectivity index (χ4n) is 3.13. The molecule has 1 aliphatic heterocycles. The lowest BCUT2D eigenvalue weighted by Gasteiger charge is -2.17. The lowest BCUT2D eigenvalue weighted by Crippen LogP contribution is -2.32. The highest BCUT2D eigenvalue weighted by atomic mass is 79.9. The van der Waals surface area contributed by atoms with Gasteiger partial charge in [0.2, 0.25) is 0 Å². The van der Waals surface area contributed by atoms with Crippen molar-refractivity contribution in [3.63, 3.8) is 0 Å². The number of rotatable bonds is 5. The van der Waals surface area contributed by atoms with E-state index < -0.39 is 11.8 Å². The molecule has 0 atom stereocenters. The van der Waals surface area contributed by atoms with Gasteiger partial charge in [0.15, 0.2) is 0 Å². The zero-order valence-electron chi connectivity index (χ0n) is 16.5. The minimum absolute atomic E-state index is 0.0531. The number of nitrogens with zero attached hydrogens (tertiary/aromatic N) is 1. The summed E-state index contributed by atoms with van der Waals surface area (Å²) in [4.78, 5) is 39.2. The number of halogens is 4. The van der Waals surface area contributed by atoms with Gasteiger partial charge in [-0.2, -0.15) is 0 Å². The van der Waals surface area contributed by atoms with Crippen molar-refractivity contribution in [2.45, 2.75) is 0 Å². The van der Waals surface area contributed by atoms with Crippen LogP contribution in [0.2, 0.25) is 10.0 Å². The average molecular weight is 566 g/mol. The Labute approximate surface area is 212 Å². The van der Waals surface area contributed by atoms with Crippen LogP contribution in [-0.2, 0) is 9.59 Å². The van der Waals surface area contributed by atoms with Gasteiger partial charge in [0.1, 0.15) is 10.7 Å². The number of hydrogen-bond donors (Lipinski definition) is 2. The van der Waals surface area contributed by atoms with Crippen molar-refractivity contribution in [2.75, 3.05) is 15.5 Å². The van der Waals surface area contributed by atoms with E-state index in [0.717, 1.165) is 9.37 Å². The van der Waals surface area contributed by atoms with Gasteiger partial charge in [-0.25, -0.2) is 4.90 Å². The topological polar surface area (TPSA) is 78.5 Å². The van der Waals surface area contributed by atoms with Crippen LogP contribution < -0.4 is 15.5 Å². The smallest absolute Gasteiger partial charge is 0.283 e. The minimum atomic E-state index is -0.740. The molecule has 0 saturated heterocycles. The third-order valence-corrected chi connectivity index (χ3v) is 6.57. The molecule has 1 aliphatic rings. The summed E-state index contributed by atoms with van der Waals surface area (Å²) < 4.78 is 0.736. The predicted molar refractivity (Wildman–Crippen MR) is 134 cm³/mol. The molecule has 0 aliphatic carbocycles. The fourth-order valence-corrected chi connectivity index (χ4v) is 4.11. The summed E-state index contributed by atoms with van der Waals surface area (Å²) in [7, 11) is 0. The Hall–Kier alpha value is -2.84. The second-order valence-electron chi connectivity index (χ2n) is 6.85. The van der Waals surface area contributed by atoms with Crippen molar-refractivity contribution in [1.29, 1.82) is 0 Å². The quantitative estimate of drug-likeness (QED) is 0.349. The van der Waals surface area contributed by atoms with E-state index in [2.05, 4.69) is 26.6 Å². The highest BCUT2D eigenvalue weighted by Gasteiger charge is 2.40. The Morgan fingerprint density at radius 3 is 2.36 bits per heavy atom. The largest absolute Gasteiger partial charge is 0.350 e. The number of para-hydroxylation sites is 1. The third-order valence-electron chi connectivity index (χ3n) is 4.72. The van der Waals surface area contributed by atoms with Crippen LogP contribution in [0, 0.1) is 0 Å². The molecule has 0 radical (unpaired) electrons. The van der Waals surface area contributed by atoms with Crippen LogP contribution in [0.15, 0.2) is 81.9 Å². The van der Waals surface area contributed by atoms with E-state index in [1.165, 1.54) is 18.2 Å². The van der Waals surface area contributed by atoms with Gasteiger partial charge in [-0.15, -0.1) is 0 Å². The number of amides is 3. The predicted octanol–water partition coefficient (Wildman–Crippen LogP) is 6.44. The first-order chi connectivity index (χ1) is 15.8. The summed E-state index contributed by atoms with van der Waals surface area (Å²) >= 11 is 21.8. The molecule has 33 heavy (non-hydrogen) atoms. The molecule has 3 aromatic rings. The monoisotopic (exact) mass is 563 g/mol. The summed E-state index contributed by atoms with van der Waals surface area (Å²) in [6.07, 6.45) is 0. The Morgan fingerprint density at radius 1 is 0.879 bits per heavy atom. The Bertz CT molecular complexity index is 1340.